The molecule has 9 nitrogen and oxygen atoms in total. The fourth-order valence-corrected chi connectivity index (χ4v) is 3.38. The van der Waals surface area contributed by atoms with E-state index in [4.69, 9.17) is 11.6 Å². The van der Waals surface area contributed by atoms with Gasteiger partial charge in [-0.1, -0.05) is 17.7 Å². The third-order valence-electron chi connectivity index (χ3n) is 3.54. The van der Waals surface area contributed by atoms with E-state index < -0.39 is 21.8 Å². The summed E-state index contributed by atoms with van der Waals surface area (Å²) in [4.78, 5) is 34.4. The van der Waals surface area contributed by atoms with Crippen LogP contribution in [0.4, 0.5) is 5.69 Å². The molecule has 11 heteroatoms. The molecule has 0 spiro atoms. The Morgan fingerprint density at radius 3 is 2.34 bits per heavy atom. The van der Waals surface area contributed by atoms with Crippen LogP contribution in [0.25, 0.3) is 0 Å². The van der Waals surface area contributed by atoms with Gasteiger partial charge in [0.15, 0.2) is 0 Å². The number of hydrazine groups is 1. The first-order valence-corrected chi connectivity index (χ1v) is 10.3. The van der Waals surface area contributed by atoms with Gasteiger partial charge in [0.05, 0.1) is 4.90 Å². The summed E-state index contributed by atoms with van der Waals surface area (Å²) in [5.41, 5.74) is 4.73. The molecule has 0 aliphatic rings. The zero-order chi connectivity index (χ0) is 21.4. The lowest BCUT2D eigenvalue weighted by atomic mass is 10.2. The minimum absolute atomic E-state index is 0.0285. The molecular weight excluding hydrogens is 420 g/mol. The Hall–Kier alpha value is -3.11. The van der Waals surface area contributed by atoms with E-state index in [1.165, 1.54) is 55.5 Å². The highest BCUT2D eigenvalue weighted by Crippen LogP contribution is 2.19. The second-order valence-corrected chi connectivity index (χ2v) is 7.99. The predicted octanol–water partition coefficient (Wildman–Crippen LogP) is 1.43. The molecule has 0 fully saturated rings. The summed E-state index contributed by atoms with van der Waals surface area (Å²) in [7, 11) is -3.93. The third-order valence-corrected chi connectivity index (χ3v) is 5.18. The molecule has 0 bridgehead atoms. The van der Waals surface area contributed by atoms with Crippen molar-refractivity contribution in [3.63, 3.8) is 0 Å². The van der Waals surface area contributed by atoms with Crippen molar-refractivity contribution in [1.82, 2.24) is 16.2 Å². The highest BCUT2D eigenvalue weighted by atomic mass is 35.5. The molecule has 0 saturated heterocycles. The molecule has 4 N–H and O–H groups in total. The number of anilines is 1. The maximum atomic E-state index is 12.5. The maximum Gasteiger partial charge on any atom is 0.269 e. The Morgan fingerprint density at radius 1 is 1.00 bits per heavy atom. The van der Waals surface area contributed by atoms with Gasteiger partial charge in [-0.25, -0.2) is 8.42 Å². The van der Waals surface area contributed by atoms with Gasteiger partial charge in [-0.15, -0.1) is 0 Å². The van der Waals surface area contributed by atoms with Gasteiger partial charge in [0.25, 0.3) is 15.9 Å². The highest BCUT2D eigenvalue weighted by molar-refractivity contribution is 7.92. The van der Waals surface area contributed by atoms with E-state index in [0.717, 1.165) is 0 Å². The van der Waals surface area contributed by atoms with Crippen LogP contribution in [-0.4, -0.2) is 32.7 Å². The molecule has 0 saturated carbocycles. The number of rotatable bonds is 7. The quantitative estimate of drug-likeness (QED) is 0.485. The van der Waals surface area contributed by atoms with Gasteiger partial charge in [-0.3, -0.25) is 30.0 Å². The van der Waals surface area contributed by atoms with Crippen molar-refractivity contribution in [2.45, 2.75) is 18.2 Å². The second-order valence-electron chi connectivity index (χ2n) is 5.88. The monoisotopic (exact) mass is 438 g/mol. The SMILES string of the molecule is CC(=O)NCCC(=O)NNC(=O)c1cccc(S(=O)(=O)Nc2ccc(Cl)cc2)c1. The minimum atomic E-state index is -3.93. The van der Waals surface area contributed by atoms with E-state index in [-0.39, 0.29) is 29.3 Å². The molecule has 0 atom stereocenters. The summed E-state index contributed by atoms with van der Waals surface area (Å²) in [6.07, 6.45) is -0.0285. The number of sulfonamides is 1. The standard InChI is InChI=1S/C18H19ClN4O5S/c1-12(24)20-10-9-17(25)21-22-18(26)13-3-2-4-16(11-13)29(27,28)23-15-7-5-14(19)6-8-15/h2-8,11,23H,9-10H2,1H3,(H,20,24)(H,21,25)(H,22,26). The molecule has 0 heterocycles. The van der Waals surface area contributed by atoms with Crippen LogP contribution >= 0.6 is 11.6 Å². The van der Waals surface area contributed by atoms with Crippen molar-refractivity contribution in [2.75, 3.05) is 11.3 Å². The molecule has 2 aromatic carbocycles. The van der Waals surface area contributed by atoms with Crippen molar-refractivity contribution in [3.8, 4) is 0 Å². The molecule has 0 unspecified atom stereocenters. The van der Waals surface area contributed by atoms with E-state index >= 15 is 0 Å². The summed E-state index contributed by atoms with van der Waals surface area (Å²) >= 11 is 5.78. The van der Waals surface area contributed by atoms with Crippen molar-refractivity contribution in [2.24, 2.45) is 0 Å². The Kier molecular flexibility index (Phi) is 7.57. The molecule has 0 radical (unpaired) electrons. The molecular formula is C18H19ClN4O5S. The molecule has 29 heavy (non-hydrogen) atoms. The van der Waals surface area contributed by atoms with Gasteiger partial charge >= 0.3 is 0 Å². The van der Waals surface area contributed by atoms with Crippen molar-refractivity contribution in [3.05, 3.63) is 59.1 Å². The summed E-state index contributed by atoms with van der Waals surface area (Å²) in [6.45, 7) is 1.45. The average molecular weight is 439 g/mol. The first kappa shape index (κ1) is 22.2. The Morgan fingerprint density at radius 2 is 1.69 bits per heavy atom. The normalized spacial score (nSPS) is 10.7. The first-order chi connectivity index (χ1) is 13.7. The number of benzene rings is 2. The zero-order valence-corrected chi connectivity index (χ0v) is 16.9. The van der Waals surface area contributed by atoms with E-state index in [1.807, 2.05) is 0 Å². The number of halogens is 1. The number of amides is 3. The van der Waals surface area contributed by atoms with E-state index in [9.17, 15) is 22.8 Å². The molecule has 2 rings (SSSR count). The van der Waals surface area contributed by atoms with Crippen LogP contribution in [0, 0.1) is 0 Å². The number of carbonyl (C=O) groups excluding carboxylic acids is 3. The zero-order valence-electron chi connectivity index (χ0n) is 15.4. The van der Waals surface area contributed by atoms with E-state index in [1.54, 1.807) is 0 Å². The van der Waals surface area contributed by atoms with Crippen LogP contribution in [0.5, 0.6) is 0 Å². The lowest BCUT2D eigenvalue weighted by molar-refractivity contribution is -0.122. The smallest absolute Gasteiger partial charge is 0.269 e. The fraction of sp³-hybridized carbons (Fsp3) is 0.167. The van der Waals surface area contributed by atoms with E-state index in [0.29, 0.717) is 10.7 Å². The van der Waals surface area contributed by atoms with Gasteiger partial charge in [0, 0.05) is 36.2 Å². The number of carbonyl (C=O) groups is 3. The molecule has 0 aliphatic heterocycles. The largest absolute Gasteiger partial charge is 0.356 e. The van der Waals surface area contributed by atoms with Crippen LogP contribution in [-0.2, 0) is 19.6 Å². The van der Waals surface area contributed by atoms with Crippen LogP contribution in [0.1, 0.15) is 23.7 Å². The predicted molar refractivity (Wildman–Crippen MR) is 108 cm³/mol. The highest BCUT2D eigenvalue weighted by Gasteiger charge is 2.17. The fourth-order valence-electron chi connectivity index (χ4n) is 2.15. The van der Waals surface area contributed by atoms with Crippen molar-refractivity contribution >= 4 is 45.0 Å². The maximum absolute atomic E-state index is 12.5. The minimum Gasteiger partial charge on any atom is -0.356 e. The van der Waals surface area contributed by atoms with Crippen LogP contribution < -0.4 is 20.9 Å². The molecule has 2 aromatic rings. The van der Waals surface area contributed by atoms with E-state index in [2.05, 4.69) is 20.9 Å². The van der Waals surface area contributed by atoms with Crippen molar-refractivity contribution in [1.29, 1.82) is 0 Å². The number of hydrogen-bond acceptors (Lipinski definition) is 5. The molecule has 0 aliphatic carbocycles. The lowest BCUT2D eigenvalue weighted by Crippen LogP contribution is -2.42. The Balaban J connectivity index is 2.00. The Labute approximate surface area is 172 Å². The molecule has 154 valence electrons. The number of hydrogen-bond donors (Lipinski definition) is 4. The topological polar surface area (TPSA) is 133 Å². The Bertz CT molecular complexity index is 1010. The molecule has 3 amide bonds. The van der Waals surface area contributed by atoms with Crippen LogP contribution in [0.3, 0.4) is 0 Å². The summed E-state index contributed by atoms with van der Waals surface area (Å²) in [5, 5.41) is 2.91. The van der Waals surface area contributed by atoms with Crippen LogP contribution in [0.15, 0.2) is 53.4 Å². The average Bonchev–Trinajstić information content (AvgIpc) is 2.67. The third kappa shape index (κ3) is 7.09. The summed E-state index contributed by atoms with van der Waals surface area (Å²) in [5.74, 6) is -1.48. The second kappa shape index (κ2) is 9.89. The van der Waals surface area contributed by atoms with Gasteiger partial charge in [0.2, 0.25) is 11.8 Å². The summed E-state index contributed by atoms with van der Waals surface area (Å²) < 4.78 is 27.4. The number of nitrogens with one attached hydrogen (secondary N) is 4. The summed E-state index contributed by atoms with van der Waals surface area (Å²) in [6, 6.07) is 11.4. The first-order valence-electron chi connectivity index (χ1n) is 8.39. The lowest BCUT2D eigenvalue weighted by Gasteiger charge is -2.10. The van der Waals surface area contributed by atoms with Gasteiger partial charge in [-0.05, 0) is 42.5 Å². The van der Waals surface area contributed by atoms with Gasteiger partial charge in [0.1, 0.15) is 0 Å². The van der Waals surface area contributed by atoms with Crippen LogP contribution in [0.2, 0.25) is 5.02 Å². The van der Waals surface area contributed by atoms with Gasteiger partial charge in [-0.2, -0.15) is 0 Å². The van der Waals surface area contributed by atoms with Crippen molar-refractivity contribution < 1.29 is 22.8 Å². The molecule has 0 aromatic heterocycles. The van der Waals surface area contributed by atoms with Gasteiger partial charge < -0.3 is 5.32 Å².